The standard InChI is InChI=1S/C16H14FN5O/c17-13-7-4-12(5-8-13)6-9-16(23)19-14-2-1-3-15(10-14)22-11-18-20-21-22/h1-5,7-8,10-11H,6,9H2,(H,19,23). The monoisotopic (exact) mass is 311 g/mol. The Kier molecular flexibility index (Phi) is 4.37. The summed E-state index contributed by atoms with van der Waals surface area (Å²) >= 11 is 0. The van der Waals surface area contributed by atoms with Crippen LogP contribution in [-0.4, -0.2) is 26.1 Å². The van der Waals surface area contributed by atoms with Crippen LogP contribution in [0.3, 0.4) is 0 Å². The molecule has 0 radical (unpaired) electrons. The van der Waals surface area contributed by atoms with Crippen molar-refractivity contribution in [2.24, 2.45) is 0 Å². The molecule has 6 nitrogen and oxygen atoms in total. The molecule has 0 fully saturated rings. The third-order valence-corrected chi connectivity index (χ3v) is 3.30. The van der Waals surface area contributed by atoms with Crippen molar-refractivity contribution in [2.75, 3.05) is 5.32 Å². The second-order valence-corrected chi connectivity index (χ2v) is 4.98. The fourth-order valence-electron chi connectivity index (χ4n) is 2.14. The normalized spacial score (nSPS) is 10.5. The van der Waals surface area contributed by atoms with Crippen molar-refractivity contribution in [3.8, 4) is 5.69 Å². The van der Waals surface area contributed by atoms with Crippen LogP contribution in [0, 0.1) is 5.82 Å². The molecule has 7 heteroatoms. The molecule has 116 valence electrons. The zero-order valence-electron chi connectivity index (χ0n) is 12.2. The lowest BCUT2D eigenvalue weighted by molar-refractivity contribution is -0.116. The number of tetrazole rings is 1. The molecule has 0 unspecified atom stereocenters. The van der Waals surface area contributed by atoms with E-state index in [1.165, 1.54) is 23.1 Å². The summed E-state index contributed by atoms with van der Waals surface area (Å²) in [7, 11) is 0. The number of anilines is 1. The van der Waals surface area contributed by atoms with E-state index in [1.54, 1.807) is 24.3 Å². The molecule has 0 aliphatic heterocycles. The van der Waals surface area contributed by atoms with Crippen molar-refractivity contribution in [3.63, 3.8) is 0 Å². The third kappa shape index (κ3) is 3.97. The number of benzene rings is 2. The van der Waals surface area contributed by atoms with Crippen LogP contribution < -0.4 is 5.32 Å². The first-order valence-electron chi connectivity index (χ1n) is 7.08. The number of nitrogens with one attached hydrogen (secondary N) is 1. The van der Waals surface area contributed by atoms with Gasteiger partial charge in [0.2, 0.25) is 5.91 Å². The van der Waals surface area contributed by atoms with Gasteiger partial charge in [0.25, 0.3) is 0 Å². The first kappa shape index (κ1) is 14.8. The molecule has 1 aromatic heterocycles. The Morgan fingerprint density at radius 2 is 2.00 bits per heavy atom. The average molecular weight is 311 g/mol. The number of carbonyl (C=O) groups is 1. The number of nitrogens with zero attached hydrogens (tertiary/aromatic N) is 4. The van der Waals surface area contributed by atoms with Crippen LogP contribution in [-0.2, 0) is 11.2 Å². The Hall–Kier alpha value is -3.09. The number of carbonyl (C=O) groups excluding carboxylic acids is 1. The third-order valence-electron chi connectivity index (χ3n) is 3.30. The van der Waals surface area contributed by atoms with Crippen LogP contribution >= 0.6 is 0 Å². The summed E-state index contributed by atoms with van der Waals surface area (Å²) in [5.74, 6) is -0.388. The highest BCUT2D eigenvalue weighted by molar-refractivity contribution is 5.91. The summed E-state index contributed by atoms with van der Waals surface area (Å²) in [6.07, 6.45) is 2.36. The first-order valence-corrected chi connectivity index (χ1v) is 7.08. The van der Waals surface area contributed by atoms with Crippen molar-refractivity contribution in [1.29, 1.82) is 0 Å². The summed E-state index contributed by atoms with van der Waals surface area (Å²) < 4.78 is 14.3. The predicted molar refractivity (Wildman–Crippen MR) is 82.5 cm³/mol. The summed E-state index contributed by atoms with van der Waals surface area (Å²) in [4.78, 5) is 12.0. The molecule has 0 bridgehead atoms. The van der Waals surface area contributed by atoms with E-state index >= 15 is 0 Å². The van der Waals surface area contributed by atoms with E-state index in [9.17, 15) is 9.18 Å². The number of rotatable bonds is 5. The van der Waals surface area contributed by atoms with E-state index in [2.05, 4.69) is 20.8 Å². The molecule has 23 heavy (non-hydrogen) atoms. The lowest BCUT2D eigenvalue weighted by atomic mass is 10.1. The van der Waals surface area contributed by atoms with Gasteiger partial charge in [-0.15, -0.1) is 5.10 Å². The van der Waals surface area contributed by atoms with Gasteiger partial charge in [-0.2, -0.15) is 0 Å². The van der Waals surface area contributed by atoms with Crippen LogP contribution in [0.2, 0.25) is 0 Å². The van der Waals surface area contributed by atoms with E-state index in [0.29, 0.717) is 18.5 Å². The highest BCUT2D eigenvalue weighted by atomic mass is 19.1. The van der Waals surface area contributed by atoms with Crippen molar-refractivity contribution >= 4 is 11.6 Å². The average Bonchev–Trinajstić information content (AvgIpc) is 3.09. The molecular weight excluding hydrogens is 297 g/mol. The largest absolute Gasteiger partial charge is 0.326 e. The van der Waals surface area contributed by atoms with Gasteiger partial charge in [0.15, 0.2) is 0 Å². The van der Waals surface area contributed by atoms with E-state index in [0.717, 1.165) is 11.3 Å². The molecule has 0 aliphatic carbocycles. The zero-order chi connectivity index (χ0) is 16.1. The zero-order valence-corrected chi connectivity index (χ0v) is 12.2. The second-order valence-electron chi connectivity index (χ2n) is 4.98. The van der Waals surface area contributed by atoms with Gasteiger partial charge in [0, 0.05) is 12.1 Å². The number of amides is 1. The minimum atomic E-state index is -0.280. The van der Waals surface area contributed by atoms with E-state index in [-0.39, 0.29) is 11.7 Å². The van der Waals surface area contributed by atoms with Crippen molar-refractivity contribution in [3.05, 3.63) is 66.2 Å². The Morgan fingerprint density at radius 3 is 2.74 bits per heavy atom. The van der Waals surface area contributed by atoms with Gasteiger partial charge in [-0.05, 0) is 52.7 Å². The fourth-order valence-corrected chi connectivity index (χ4v) is 2.14. The smallest absolute Gasteiger partial charge is 0.224 e. The first-order chi connectivity index (χ1) is 11.2. The number of aryl methyl sites for hydroxylation is 1. The number of aromatic nitrogens is 4. The van der Waals surface area contributed by atoms with Crippen LogP contribution in [0.1, 0.15) is 12.0 Å². The molecule has 0 spiro atoms. The lowest BCUT2D eigenvalue weighted by Crippen LogP contribution is -2.12. The molecule has 1 amide bonds. The minimum Gasteiger partial charge on any atom is -0.326 e. The maximum atomic E-state index is 12.8. The molecule has 0 atom stereocenters. The number of hydrogen-bond donors (Lipinski definition) is 1. The van der Waals surface area contributed by atoms with E-state index < -0.39 is 0 Å². The van der Waals surface area contributed by atoms with Gasteiger partial charge in [0.05, 0.1) is 5.69 Å². The summed E-state index contributed by atoms with van der Waals surface area (Å²) in [5.41, 5.74) is 2.34. The molecule has 0 saturated carbocycles. The molecule has 3 rings (SSSR count). The highest BCUT2D eigenvalue weighted by Gasteiger charge is 2.05. The molecular formula is C16H14FN5O. The Balaban J connectivity index is 1.59. The van der Waals surface area contributed by atoms with Gasteiger partial charge in [-0.1, -0.05) is 18.2 Å². The Morgan fingerprint density at radius 1 is 1.17 bits per heavy atom. The lowest BCUT2D eigenvalue weighted by Gasteiger charge is -2.07. The van der Waals surface area contributed by atoms with E-state index in [4.69, 9.17) is 0 Å². The molecule has 0 aliphatic rings. The van der Waals surface area contributed by atoms with Crippen LogP contribution in [0.5, 0.6) is 0 Å². The van der Waals surface area contributed by atoms with Crippen molar-refractivity contribution < 1.29 is 9.18 Å². The van der Waals surface area contributed by atoms with Gasteiger partial charge < -0.3 is 5.32 Å². The van der Waals surface area contributed by atoms with Crippen LogP contribution in [0.25, 0.3) is 5.69 Å². The maximum Gasteiger partial charge on any atom is 0.224 e. The van der Waals surface area contributed by atoms with Gasteiger partial charge >= 0.3 is 0 Å². The quantitative estimate of drug-likeness (QED) is 0.785. The topological polar surface area (TPSA) is 72.7 Å². The van der Waals surface area contributed by atoms with Gasteiger partial charge in [0.1, 0.15) is 12.1 Å². The van der Waals surface area contributed by atoms with Crippen LogP contribution in [0.4, 0.5) is 10.1 Å². The van der Waals surface area contributed by atoms with Crippen molar-refractivity contribution in [2.45, 2.75) is 12.8 Å². The number of halogens is 1. The second kappa shape index (κ2) is 6.78. The molecule has 3 aromatic rings. The van der Waals surface area contributed by atoms with E-state index in [1.807, 2.05) is 12.1 Å². The summed E-state index contributed by atoms with van der Waals surface area (Å²) in [5, 5.41) is 13.8. The SMILES string of the molecule is O=C(CCc1ccc(F)cc1)Nc1cccc(-n2cnnn2)c1. The maximum absolute atomic E-state index is 12.8. The summed E-state index contributed by atoms with van der Waals surface area (Å²) in [6, 6.07) is 13.4. The Labute approximate surface area is 132 Å². The molecule has 1 N–H and O–H groups in total. The summed E-state index contributed by atoms with van der Waals surface area (Å²) in [6.45, 7) is 0. The van der Waals surface area contributed by atoms with Crippen LogP contribution in [0.15, 0.2) is 54.9 Å². The minimum absolute atomic E-state index is 0.108. The molecule has 2 aromatic carbocycles. The van der Waals surface area contributed by atoms with Crippen molar-refractivity contribution in [1.82, 2.24) is 20.2 Å². The van der Waals surface area contributed by atoms with Gasteiger partial charge in [-0.25, -0.2) is 9.07 Å². The predicted octanol–water partition coefficient (Wildman–Crippen LogP) is 2.37. The fraction of sp³-hybridized carbons (Fsp3) is 0.125. The Bertz CT molecular complexity index is 786. The van der Waals surface area contributed by atoms with Gasteiger partial charge in [-0.3, -0.25) is 4.79 Å². The number of hydrogen-bond acceptors (Lipinski definition) is 4. The molecule has 1 heterocycles. The molecule has 0 saturated heterocycles. The highest BCUT2D eigenvalue weighted by Crippen LogP contribution is 2.14.